The maximum Gasteiger partial charge on any atom is 0.329 e. The van der Waals surface area contributed by atoms with Crippen LogP contribution >= 0.6 is 0 Å². The molecule has 0 aliphatic rings. The Labute approximate surface area is 146 Å². The van der Waals surface area contributed by atoms with Crippen molar-refractivity contribution in [3.05, 3.63) is 65.7 Å². The summed E-state index contributed by atoms with van der Waals surface area (Å²) in [4.78, 5) is 23.4. The lowest BCUT2D eigenvalue weighted by atomic mass is 10.1. The number of amides is 2. The number of nitrogens with one attached hydrogen (secondary N) is 2. The molecule has 0 aliphatic carbocycles. The summed E-state index contributed by atoms with van der Waals surface area (Å²) in [6, 6.07) is 18.7. The number of rotatable bonds is 6. The monoisotopic (exact) mass is 334 g/mol. The smallest absolute Gasteiger partial charge is 0.318 e. The van der Waals surface area contributed by atoms with Crippen LogP contribution in [0.1, 0.15) is 17.5 Å². The van der Waals surface area contributed by atoms with Gasteiger partial charge in [-0.2, -0.15) is 10.4 Å². The highest BCUT2D eigenvalue weighted by atomic mass is 16.2. The average molecular weight is 334 g/mol. The zero-order valence-corrected chi connectivity index (χ0v) is 13.6. The molecule has 25 heavy (non-hydrogen) atoms. The number of hydrogen-bond donors (Lipinski definition) is 2. The Kier molecular flexibility index (Phi) is 6.89. The third-order valence-electron chi connectivity index (χ3n) is 3.36. The molecule has 2 rings (SSSR count). The molecule has 6 nitrogen and oxygen atoms in total. The number of anilines is 1. The van der Waals surface area contributed by atoms with Crippen LogP contribution in [0.3, 0.4) is 0 Å². The van der Waals surface area contributed by atoms with Gasteiger partial charge in [0.2, 0.25) is 0 Å². The molecule has 0 spiro atoms. The van der Waals surface area contributed by atoms with Crippen LogP contribution in [0.15, 0.2) is 59.7 Å². The second-order valence-electron chi connectivity index (χ2n) is 5.26. The number of carbonyl (C=O) groups excluding carboxylic acids is 2. The molecule has 0 fully saturated rings. The van der Waals surface area contributed by atoms with E-state index < -0.39 is 11.8 Å². The summed E-state index contributed by atoms with van der Waals surface area (Å²) in [5.41, 5.74) is 4.70. The van der Waals surface area contributed by atoms with Crippen LogP contribution in [-0.4, -0.2) is 18.0 Å². The highest BCUT2D eigenvalue weighted by Gasteiger charge is 2.12. The number of hydrazone groups is 1. The van der Waals surface area contributed by atoms with Gasteiger partial charge in [0.1, 0.15) is 0 Å². The molecule has 2 N–H and O–H groups in total. The van der Waals surface area contributed by atoms with Crippen LogP contribution in [0, 0.1) is 11.3 Å². The van der Waals surface area contributed by atoms with E-state index in [0.29, 0.717) is 18.5 Å². The van der Waals surface area contributed by atoms with Gasteiger partial charge in [0.15, 0.2) is 0 Å². The van der Waals surface area contributed by atoms with Crippen LogP contribution in [0.5, 0.6) is 0 Å². The summed E-state index contributed by atoms with van der Waals surface area (Å²) in [5, 5.41) is 14.8. The maximum atomic E-state index is 11.8. The zero-order chi connectivity index (χ0) is 17.9. The molecule has 126 valence electrons. The molecule has 0 aliphatic heterocycles. The largest absolute Gasteiger partial charge is 0.329 e. The van der Waals surface area contributed by atoms with E-state index in [1.807, 2.05) is 36.4 Å². The molecule has 0 atom stereocenters. The van der Waals surface area contributed by atoms with Crippen LogP contribution < -0.4 is 10.7 Å². The van der Waals surface area contributed by atoms with Gasteiger partial charge in [-0.05, 0) is 36.1 Å². The summed E-state index contributed by atoms with van der Waals surface area (Å²) >= 11 is 0. The van der Waals surface area contributed by atoms with E-state index in [0.717, 1.165) is 12.0 Å². The molecular formula is C19H18N4O2. The minimum absolute atomic E-state index is 0.298. The van der Waals surface area contributed by atoms with Gasteiger partial charge in [-0.25, -0.2) is 5.43 Å². The van der Waals surface area contributed by atoms with Crippen molar-refractivity contribution in [3.8, 4) is 6.07 Å². The zero-order valence-electron chi connectivity index (χ0n) is 13.6. The fourth-order valence-electron chi connectivity index (χ4n) is 2.08. The van der Waals surface area contributed by atoms with Crippen molar-refractivity contribution in [2.24, 2.45) is 5.10 Å². The van der Waals surface area contributed by atoms with Crippen molar-refractivity contribution >= 4 is 23.7 Å². The summed E-state index contributed by atoms with van der Waals surface area (Å²) in [5.74, 6) is -1.63. The van der Waals surface area contributed by atoms with Crippen molar-refractivity contribution in [2.75, 3.05) is 5.32 Å². The van der Waals surface area contributed by atoms with Gasteiger partial charge in [0, 0.05) is 11.9 Å². The van der Waals surface area contributed by atoms with E-state index in [9.17, 15) is 9.59 Å². The van der Waals surface area contributed by atoms with E-state index in [-0.39, 0.29) is 0 Å². The van der Waals surface area contributed by atoms with E-state index in [2.05, 4.69) is 15.8 Å². The Morgan fingerprint density at radius 1 is 1.00 bits per heavy atom. The maximum absolute atomic E-state index is 11.8. The second kappa shape index (κ2) is 9.63. The Bertz CT molecular complexity index is 777. The van der Waals surface area contributed by atoms with E-state index in [4.69, 9.17) is 5.26 Å². The lowest BCUT2D eigenvalue weighted by molar-refractivity contribution is -0.136. The molecule has 0 saturated carbocycles. The highest BCUT2D eigenvalue weighted by molar-refractivity contribution is 6.39. The average Bonchev–Trinajstić information content (AvgIpc) is 2.64. The fourth-order valence-corrected chi connectivity index (χ4v) is 2.08. The third-order valence-corrected chi connectivity index (χ3v) is 3.36. The Morgan fingerprint density at radius 3 is 2.40 bits per heavy atom. The first kappa shape index (κ1) is 17.9. The molecule has 2 amide bonds. The highest BCUT2D eigenvalue weighted by Crippen LogP contribution is 2.09. The third kappa shape index (κ3) is 6.28. The summed E-state index contributed by atoms with van der Waals surface area (Å²) < 4.78 is 0. The SMILES string of the molecule is N#CCc1ccc(NC(=O)C(=O)N/N=C/CCc2ccccc2)cc1. The molecule has 0 saturated heterocycles. The Morgan fingerprint density at radius 2 is 1.72 bits per heavy atom. The molecule has 0 unspecified atom stereocenters. The lowest BCUT2D eigenvalue weighted by Gasteiger charge is -2.04. The van der Waals surface area contributed by atoms with Crippen molar-refractivity contribution in [2.45, 2.75) is 19.3 Å². The molecule has 0 aromatic heterocycles. The molecule has 2 aromatic rings. The summed E-state index contributed by atoms with van der Waals surface area (Å²) in [6.45, 7) is 0. The minimum atomic E-state index is -0.836. The van der Waals surface area contributed by atoms with Gasteiger partial charge in [-0.3, -0.25) is 9.59 Å². The van der Waals surface area contributed by atoms with Gasteiger partial charge >= 0.3 is 11.8 Å². The Balaban J connectivity index is 1.73. The lowest BCUT2D eigenvalue weighted by Crippen LogP contribution is -2.32. The van der Waals surface area contributed by atoms with Crippen LogP contribution in [0.2, 0.25) is 0 Å². The van der Waals surface area contributed by atoms with Crippen molar-refractivity contribution < 1.29 is 9.59 Å². The minimum Gasteiger partial charge on any atom is -0.318 e. The van der Waals surface area contributed by atoms with Gasteiger partial charge in [-0.1, -0.05) is 42.5 Å². The van der Waals surface area contributed by atoms with Gasteiger partial charge in [0.25, 0.3) is 0 Å². The van der Waals surface area contributed by atoms with Crippen LogP contribution in [0.25, 0.3) is 0 Å². The molecule has 6 heteroatoms. The van der Waals surface area contributed by atoms with Crippen LogP contribution in [0.4, 0.5) is 5.69 Å². The van der Waals surface area contributed by atoms with Crippen LogP contribution in [-0.2, 0) is 22.4 Å². The number of nitriles is 1. The molecule has 0 heterocycles. The number of nitrogens with zero attached hydrogens (tertiary/aromatic N) is 2. The first-order valence-electron chi connectivity index (χ1n) is 7.81. The van der Waals surface area contributed by atoms with Crippen molar-refractivity contribution in [3.63, 3.8) is 0 Å². The molecule has 0 bridgehead atoms. The van der Waals surface area contributed by atoms with Crippen molar-refractivity contribution in [1.82, 2.24) is 5.43 Å². The number of hydrogen-bond acceptors (Lipinski definition) is 4. The quantitative estimate of drug-likeness (QED) is 0.482. The summed E-state index contributed by atoms with van der Waals surface area (Å²) in [7, 11) is 0. The molecule has 2 aromatic carbocycles. The van der Waals surface area contributed by atoms with Crippen molar-refractivity contribution in [1.29, 1.82) is 5.26 Å². The molecular weight excluding hydrogens is 316 g/mol. The number of benzene rings is 2. The van der Waals surface area contributed by atoms with Gasteiger partial charge in [-0.15, -0.1) is 0 Å². The Hall–Kier alpha value is -3.46. The second-order valence-corrected chi connectivity index (χ2v) is 5.26. The molecule has 0 radical (unpaired) electrons. The number of carbonyl (C=O) groups is 2. The van der Waals surface area contributed by atoms with Gasteiger partial charge in [0.05, 0.1) is 12.5 Å². The fraction of sp³-hybridized carbons (Fsp3) is 0.158. The van der Waals surface area contributed by atoms with Gasteiger partial charge < -0.3 is 5.32 Å². The predicted molar refractivity (Wildman–Crippen MR) is 95.8 cm³/mol. The van der Waals surface area contributed by atoms with E-state index in [1.54, 1.807) is 30.5 Å². The van der Waals surface area contributed by atoms with E-state index in [1.165, 1.54) is 5.56 Å². The normalized spacial score (nSPS) is 10.2. The standard InChI is InChI=1S/C19H18N4O2/c20-13-12-16-8-10-17(11-9-16)22-18(24)19(25)23-21-14-4-7-15-5-2-1-3-6-15/h1-3,5-6,8-11,14H,4,7,12H2,(H,22,24)(H,23,25)/b21-14+. The topological polar surface area (TPSA) is 94.4 Å². The summed E-state index contributed by atoms with van der Waals surface area (Å²) in [6.07, 6.45) is 3.33. The van der Waals surface area contributed by atoms with E-state index >= 15 is 0 Å². The number of aryl methyl sites for hydroxylation is 1. The first-order chi connectivity index (χ1) is 12.2. The first-order valence-corrected chi connectivity index (χ1v) is 7.81. The predicted octanol–water partition coefficient (Wildman–Crippen LogP) is 2.43.